The summed E-state index contributed by atoms with van der Waals surface area (Å²) in [6.07, 6.45) is 1.25. The van der Waals surface area contributed by atoms with Gasteiger partial charge in [-0.1, -0.05) is 12.1 Å². The summed E-state index contributed by atoms with van der Waals surface area (Å²) in [7, 11) is -4.06. The Hall–Kier alpha value is -3.33. The monoisotopic (exact) mass is 404 g/mol. The lowest BCUT2D eigenvalue weighted by molar-refractivity contribution is 0.0996. The number of nitrogens with two attached hydrogens (primary N) is 1. The Morgan fingerprint density at radius 3 is 2.43 bits per heavy atom. The second kappa shape index (κ2) is 7.73. The van der Waals surface area contributed by atoms with Crippen molar-refractivity contribution in [2.75, 3.05) is 0 Å². The molecule has 1 aromatic heterocycles. The van der Waals surface area contributed by atoms with E-state index in [1.165, 1.54) is 42.6 Å². The minimum Gasteiger partial charge on any atom is -0.486 e. The van der Waals surface area contributed by atoms with Crippen LogP contribution in [0, 0.1) is 11.6 Å². The highest BCUT2D eigenvalue weighted by Gasteiger charge is 2.24. The van der Waals surface area contributed by atoms with E-state index in [2.05, 4.69) is 4.98 Å². The second-order valence-corrected chi connectivity index (χ2v) is 7.60. The SMILES string of the molecule is NC(=O)c1cccnc1S(=O)(=O)c1ccc(COc2ccc(F)cc2F)cc1. The van der Waals surface area contributed by atoms with E-state index in [9.17, 15) is 22.0 Å². The number of rotatable bonds is 6. The predicted molar refractivity (Wildman–Crippen MR) is 95.3 cm³/mol. The zero-order chi connectivity index (χ0) is 20.3. The fourth-order valence-electron chi connectivity index (χ4n) is 2.42. The Bertz CT molecular complexity index is 1130. The van der Waals surface area contributed by atoms with Crippen LogP contribution in [0.4, 0.5) is 8.78 Å². The van der Waals surface area contributed by atoms with Gasteiger partial charge >= 0.3 is 0 Å². The van der Waals surface area contributed by atoms with Crippen molar-refractivity contribution in [3.63, 3.8) is 0 Å². The number of ether oxygens (including phenoxy) is 1. The van der Waals surface area contributed by atoms with E-state index in [-0.39, 0.29) is 22.8 Å². The van der Waals surface area contributed by atoms with E-state index in [0.717, 1.165) is 12.1 Å². The number of carbonyl (C=O) groups excluding carboxylic acids is 1. The minimum absolute atomic E-state index is 0.0565. The summed E-state index contributed by atoms with van der Waals surface area (Å²) in [4.78, 5) is 15.2. The van der Waals surface area contributed by atoms with E-state index in [1.54, 1.807) is 0 Å². The molecule has 9 heteroatoms. The molecule has 2 aromatic carbocycles. The van der Waals surface area contributed by atoms with Crippen molar-refractivity contribution in [2.45, 2.75) is 16.5 Å². The van der Waals surface area contributed by atoms with E-state index >= 15 is 0 Å². The van der Waals surface area contributed by atoms with Gasteiger partial charge in [-0.25, -0.2) is 22.2 Å². The maximum atomic E-state index is 13.6. The van der Waals surface area contributed by atoms with Crippen LogP contribution in [0.3, 0.4) is 0 Å². The van der Waals surface area contributed by atoms with Gasteiger partial charge in [0.1, 0.15) is 12.4 Å². The first-order chi connectivity index (χ1) is 13.3. The molecule has 1 amide bonds. The summed E-state index contributed by atoms with van der Waals surface area (Å²) < 4.78 is 57.2. The van der Waals surface area contributed by atoms with Crippen molar-refractivity contribution in [1.82, 2.24) is 4.98 Å². The minimum atomic E-state index is -4.06. The summed E-state index contributed by atoms with van der Waals surface area (Å²) in [6, 6.07) is 11.2. The molecule has 0 aliphatic heterocycles. The Labute approximate surface area is 159 Å². The zero-order valence-electron chi connectivity index (χ0n) is 14.3. The summed E-state index contributed by atoms with van der Waals surface area (Å²) in [6.45, 7) is -0.0565. The molecular formula is C19H14F2N2O4S. The lowest BCUT2D eigenvalue weighted by atomic mass is 10.2. The number of aromatic nitrogens is 1. The third-order valence-corrected chi connectivity index (χ3v) is 5.54. The Morgan fingerprint density at radius 1 is 1.07 bits per heavy atom. The number of benzene rings is 2. The number of amides is 1. The maximum absolute atomic E-state index is 13.6. The molecule has 0 fully saturated rings. The molecule has 0 radical (unpaired) electrons. The number of primary amides is 1. The van der Waals surface area contributed by atoms with Gasteiger partial charge in [0.2, 0.25) is 9.84 Å². The number of nitrogens with zero attached hydrogens (tertiary/aromatic N) is 1. The van der Waals surface area contributed by atoms with Crippen molar-refractivity contribution < 1.29 is 26.7 Å². The number of hydrogen-bond acceptors (Lipinski definition) is 5. The van der Waals surface area contributed by atoms with Crippen LogP contribution in [0.2, 0.25) is 0 Å². The van der Waals surface area contributed by atoms with Crippen LogP contribution in [0.1, 0.15) is 15.9 Å². The highest BCUT2D eigenvalue weighted by Crippen LogP contribution is 2.23. The quantitative estimate of drug-likeness (QED) is 0.681. The molecule has 0 saturated carbocycles. The van der Waals surface area contributed by atoms with E-state index in [0.29, 0.717) is 11.6 Å². The van der Waals surface area contributed by atoms with Crippen molar-refractivity contribution >= 4 is 15.7 Å². The van der Waals surface area contributed by atoms with E-state index in [1.807, 2.05) is 0 Å². The number of carbonyl (C=O) groups is 1. The number of halogens is 2. The number of hydrogen-bond donors (Lipinski definition) is 1. The van der Waals surface area contributed by atoms with Crippen molar-refractivity contribution in [1.29, 1.82) is 0 Å². The molecule has 144 valence electrons. The summed E-state index contributed by atoms with van der Waals surface area (Å²) in [5.74, 6) is -2.59. The van der Waals surface area contributed by atoms with Crippen LogP contribution in [0.25, 0.3) is 0 Å². The molecule has 0 bridgehead atoms. The highest BCUT2D eigenvalue weighted by molar-refractivity contribution is 7.91. The molecule has 1 heterocycles. The Balaban J connectivity index is 1.81. The van der Waals surface area contributed by atoms with Gasteiger partial charge in [0, 0.05) is 12.3 Å². The van der Waals surface area contributed by atoms with Gasteiger partial charge in [0.15, 0.2) is 16.6 Å². The highest BCUT2D eigenvalue weighted by atomic mass is 32.2. The largest absolute Gasteiger partial charge is 0.486 e. The van der Waals surface area contributed by atoms with Gasteiger partial charge in [-0.2, -0.15) is 0 Å². The van der Waals surface area contributed by atoms with Gasteiger partial charge in [-0.3, -0.25) is 4.79 Å². The fourth-order valence-corrected chi connectivity index (χ4v) is 3.80. The van der Waals surface area contributed by atoms with Crippen LogP contribution in [-0.2, 0) is 16.4 Å². The molecule has 0 saturated heterocycles. The third-order valence-electron chi connectivity index (χ3n) is 3.81. The van der Waals surface area contributed by atoms with Crippen LogP contribution < -0.4 is 10.5 Å². The zero-order valence-corrected chi connectivity index (χ0v) is 15.1. The van der Waals surface area contributed by atoms with Crippen LogP contribution in [0.5, 0.6) is 5.75 Å². The van der Waals surface area contributed by atoms with Gasteiger partial charge < -0.3 is 10.5 Å². The van der Waals surface area contributed by atoms with Crippen LogP contribution in [-0.4, -0.2) is 19.3 Å². The normalized spacial score (nSPS) is 11.2. The van der Waals surface area contributed by atoms with Crippen molar-refractivity contribution in [3.8, 4) is 5.75 Å². The molecule has 0 unspecified atom stereocenters. The van der Waals surface area contributed by atoms with E-state index < -0.39 is 32.4 Å². The molecule has 0 aliphatic rings. The Morgan fingerprint density at radius 2 is 1.79 bits per heavy atom. The van der Waals surface area contributed by atoms with Gasteiger partial charge in [0.05, 0.1) is 10.5 Å². The van der Waals surface area contributed by atoms with Crippen molar-refractivity contribution in [2.24, 2.45) is 5.73 Å². The van der Waals surface area contributed by atoms with Gasteiger partial charge in [0.25, 0.3) is 5.91 Å². The standard InChI is InChI=1S/C19H14F2N2O4S/c20-13-5-8-17(16(21)10-13)27-11-12-3-6-14(7-4-12)28(25,26)19-15(18(22)24)2-1-9-23-19/h1-10H,11H2,(H2,22,24). The smallest absolute Gasteiger partial charge is 0.251 e. The van der Waals surface area contributed by atoms with Gasteiger partial charge in [-0.05, 0) is 42.0 Å². The maximum Gasteiger partial charge on any atom is 0.251 e. The summed E-state index contributed by atoms with van der Waals surface area (Å²) >= 11 is 0. The predicted octanol–water partition coefficient (Wildman–Crippen LogP) is 2.87. The fraction of sp³-hybridized carbons (Fsp3) is 0.0526. The third kappa shape index (κ3) is 3.99. The summed E-state index contributed by atoms with van der Waals surface area (Å²) in [5, 5.41) is -0.431. The first-order valence-corrected chi connectivity index (χ1v) is 9.44. The van der Waals surface area contributed by atoms with Crippen LogP contribution >= 0.6 is 0 Å². The molecule has 0 spiro atoms. The number of pyridine rings is 1. The second-order valence-electron chi connectivity index (χ2n) is 5.73. The lowest BCUT2D eigenvalue weighted by Gasteiger charge is -2.09. The Kier molecular flexibility index (Phi) is 5.36. The lowest BCUT2D eigenvalue weighted by Crippen LogP contribution is -2.17. The molecule has 6 nitrogen and oxygen atoms in total. The average Bonchev–Trinajstić information content (AvgIpc) is 2.67. The summed E-state index contributed by atoms with van der Waals surface area (Å²) in [5.41, 5.74) is 5.56. The molecule has 0 atom stereocenters. The molecule has 0 aliphatic carbocycles. The molecular weight excluding hydrogens is 390 g/mol. The van der Waals surface area contributed by atoms with Crippen LogP contribution in [0.15, 0.2) is 70.7 Å². The first kappa shape index (κ1) is 19.4. The topological polar surface area (TPSA) is 99.4 Å². The van der Waals surface area contributed by atoms with Crippen molar-refractivity contribution in [3.05, 3.63) is 83.6 Å². The molecule has 28 heavy (non-hydrogen) atoms. The van der Waals surface area contributed by atoms with E-state index in [4.69, 9.17) is 10.5 Å². The molecule has 2 N–H and O–H groups in total. The molecule has 3 rings (SSSR count). The van der Waals surface area contributed by atoms with Gasteiger partial charge in [-0.15, -0.1) is 0 Å². The average molecular weight is 404 g/mol. The number of sulfone groups is 1. The molecule has 3 aromatic rings. The first-order valence-electron chi connectivity index (χ1n) is 7.96.